The number of hydrogen-bond donors (Lipinski definition) is 0. The summed E-state index contributed by atoms with van der Waals surface area (Å²) in [5, 5.41) is 0. The summed E-state index contributed by atoms with van der Waals surface area (Å²) in [6.45, 7) is 0. The molecule has 2 radical (unpaired) electrons. The van der Waals surface area contributed by atoms with E-state index in [0.717, 1.165) is 8.82 Å². The molecule has 0 spiro atoms. The zero-order chi connectivity index (χ0) is 9.14. The second-order valence-corrected chi connectivity index (χ2v) is 4.08. The number of rotatable bonds is 1. The molecule has 0 bridgehead atoms. The Hall–Kier alpha value is -0.272. The molecule has 1 aromatic carbocycles. The van der Waals surface area contributed by atoms with Crippen molar-refractivity contribution in [2.75, 3.05) is 7.11 Å². The first-order valence-electron chi connectivity index (χ1n) is 3.22. The predicted molar refractivity (Wildman–Crippen MR) is 50.9 cm³/mol. The third-order valence-electron chi connectivity index (χ3n) is 1.37. The summed E-state index contributed by atoms with van der Waals surface area (Å²) in [4.78, 5) is 11.1. The van der Waals surface area contributed by atoms with Crippen LogP contribution in [-0.2, 0) is 4.74 Å². The summed E-state index contributed by atoms with van der Waals surface area (Å²) >= 11 is 5.64. The second kappa shape index (κ2) is 4.10. The van der Waals surface area contributed by atoms with Gasteiger partial charge in [-0.25, -0.2) is 0 Å². The zero-order valence-electron chi connectivity index (χ0n) is 6.37. The quantitative estimate of drug-likeness (QED) is 0.570. The van der Waals surface area contributed by atoms with E-state index in [9.17, 15) is 4.79 Å². The van der Waals surface area contributed by atoms with Crippen molar-refractivity contribution in [2.45, 2.75) is 0 Å². The van der Waals surface area contributed by atoms with E-state index in [1.807, 2.05) is 12.1 Å². The molecule has 2 nitrogen and oxygen atoms in total. The van der Waals surface area contributed by atoms with Crippen molar-refractivity contribution >= 4 is 43.1 Å². The molecular formula is C8H6AsBrO2. The van der Waals surface area contributed by atoms with Crippen molar-refractivity contribution in [3.05, 3.63) is 28.2 Å². The number of hydrogen-bond acceptors (Lipinski definition) is 2. The fourth-order valence-electron chi connectivity index (χ4n) is 0.787. The van der Waals surface area contributed by atoms with Crippen molar-refractivity contribution in [1.82, 2.24) is 0 Å². The van der Waals surface area contributed by atoms with Crippen LogP contribution >= 0.6 is 15.9 Å². The maximum absolute atomic E-state index is 11.1. The fourth-order valence-corrected chi connectivity index (χ4v) is 2.17. The minimum absolute atomic E-state index is 0.307. The number of methoxy groups -OCH3 is 1. The van der Waals surface area contributed by atoms with Crippen LogP contribution in [0.25, 0.3) is 0 Å². The maximum atomic E-state index is 11.1. The fraction of sp³-hybridized carbons (Fsp3) is 0.125. The number of carbonyl (C=O) groups is 1. The van der Waals surface area contributed by atoms with Gasteiger partial charge in [-0.3, -0.25) is 0 Å². The molecule has 0 aliphatic heterocycles. The van der Waals surface area contributed by atoms with Crippen LogP contribution in [0.2, 0.25) is 0 Å². The van der Waals surface area contributed by atoms with E-state index in [1.54, 1.807) is 6.07 Å². The molecule has 0 saturated carbocycles. The Kier molecular flexibility index (Phi) is 3.36. The third kappa shape index (κ3) is 2.11. The Morgan fingerprint density at radius 3 is 2.75 bits per heavy atom. The normalized spacial score (nSPS) is 9.58. The van der Waals surface area contributed by atoms with Gasteiger partial charge in [0.05, 0.1) is 0 Å². The Balaban J connectivity index is 3.09. The van der Waals surface area contributed by atoms with Crippen molar-refractivity contribution in [2.24, 2.45) is 0 Å². The molecule has 0 heterocycles. The molecule has 0 saturated heterocycles. The van der Waals surface area contributed by atoms with Gasteiger partial charge in [0.1, 0.15) is 0 Å². The third-order valence-corrected chi connectivity index (χ3v) is 2.63. The van der Waals surface area contributed by atoms with Crippen LogP contribution < -0.4 is 4.35 Å². The number of esters is 1. The molecule has 4 heteroatoms. The molecule has 1 aromatic rings. The van der Waals surface area contributed by atoms with Gasteiger partial charge in [0.2, 0.25) is 0 Å². The summed E-state index contributed by atoms with van der Waals surface area (Å²) in [7, 11) is 1.37. The van der Waals surface area contributed by atoms with Crippen LogP contribution in [-0.4, -0.2) is 29.9 Å². The number of halogens is 1. The molecule has 62 valence electrons. The molecule has 0 N–H and O–H groups in total. The van der Waals surface area contributed by atoms with Crippen molar-refractivity contribution in [3.63, 3.8) is 0 Å². The topological polar surface area (TPSA) is 26.3 Å². The molecule has 0 fully saturated rings. The number of carbonyl (C=O) groups excluding carboxylic acids is 1. The van der Waals surface area contributed by atoms with Gasteiger partial charge in [0.15, 0.2) is 0 Å². The molecule has 0 aliphatic carbocycles. The van der Waals surface area contributed by atoms with Gasteiger partial charge in [-0.15, -0.1) is 0 Å². The predicted octanol–water partition coefficient (Wildman–Crippen LogP) is 1.03. The molecular weight excluding hydrogens is 283 g/mol. The van der Waals surface area contributed by atoms with E-state index in [4.69, 9.17) is 0 Å². The summed E-state index contributed by atoms with van der Waals surface area (Å²) in [6.07, 6.45) is 0. The summed E-state index contributed by atoms with van der Waals surface area (Å²) in [6, 6.07) is 5.39. The molecule has 0 aliphatic rings. The van der Waals surface area contributed by atoms with Crippen molar-refractivity contribution in [3.8, 4) is 0 Å². The number of benzene rings is 1. The zero-order valence-corrected chi connectivity index (χ0v) is 9.84. The van der Waals surface area contributed by atoms with Crippen LogP contribution in [0.1, 0.15) is 10.4 Å². The first kappa shape index (κ1) is 9.81. The van der Waals surface area contributed by atoms with E-state index in [0.29, 0.717) is 5.56 Å². The van der Waals surface area contributed by atoms with Gasteiger partial charge in [0.25, 0.3) is 0 Å². The van der Waals surface area contributed by atoms with E-state index < -0.39 is 0 Å². The van der Waals surface area contributed by atoms with Gasteiger partial charge in [-0.2, -0.15) is 0 Å². The van der Waals surface area contributed by atoms with E-state index >= 15 is 0 Å². The van der Waals surface area contributed by atoms with Gasteiger partial charge in [0, 0.05) is 0 Å². The van der Waals surface area contributed by atoms with E-state index in [1.165, 1.54) is 7.11 Å². The average molecular weight is 289 g/mol. The second-order valence-electron chi connectivity index (χ2n) is 2.15. The minimum atomic E-state index is -0.307. The van der Waals surface area contributed by atoms with Crippen LogP contribution in [0.15, 0.2) is 22.7 Å². The Bertz CT molecular complexity index is 312. The molecule has 0 unspecified atom stereocenters. The molecule has 0 aromatic heterocycles. The summed E-state index contributed by atoms with van der Waals surface area (Å²) in [5.41, 5.74) is 0.584. The molecule has 0 amide bonds. The van der Waals surface area contributed by atoms with Gasteiger partial charge >= 0.3 is 88.0 Å². The Morgan fingerprint density at radius 1 is 1.58 bits per heavy atom. The average Bonchev–Trinajstić information content (AvgIpc) is 2.03. The van der Waals surface area contributed by atoms with Crippen molar-refractivity contribution in [1.29, 1.82) is 0 Å². The SMILES string of the molecule is COC(=O)c1ccc(Br)cc1[As]. The first-order chi connectivity index (χ1) is 5.65. The summed E-state index contributed by atoms with van der Waals surface area (Å²) < 4.78 is 6.39. The summed E-state index contributed by atoms with van der Waals surface area (Å²) in [5.74, 6) is -0.307. The van der Waals surface area contributed by atoms with Crippen LogP contribution in [0.4, 0.5) is 0 Å². The van der Waals surface area contributed by atoms with Gasteiger partial charge in [-0.05, 0) is 0 Å². The van der Waals surface area contributed by atoms with E-state index in [-0.39, 0.29) is 5.97 Å². The first-order valence-corrected chi connectivity index (χ1v) is 4.95. The van der Waals surface area contributed by atoms with Gasteiger partial charge in [-0.1, -0.05) is 0 Å². The van der Waals surface area contributed by atoms with Gasteiger partial charge < -0.3 is 0 Å². The van der Waals surface area contributed by atoms with Crippen LogP contribution in [0.3, 0.4) is 0 Å². The number of ether oxygens (including phenoxy) is 1. The molecule has 12 heavy (non-hydrogen) atoms. The molecule has 0 atom stereocenters. The Morgan fingerprint density at radius 2 is 2.25 bits per heavy atom. The van der Waals surface area contributed by atoms with E-state index in [2.05, 4.69) is 37.5 Å². The van der Waals surface area contributed by atoms with Crippen LogP contribution in [0, 0.1) is 0 Å². The molecule has 1 rings (SSSR count). The van der Waals surface area contributed by atoms with Crippen LogP contribution in [0.5, 0.6) is 0 Å². The monoisotopic (exact) mass is 288 g/mol. The standard InChI is InChI=1S/C8H6AsBrO2/c1-12-8(11)6-3-2-5(10)4-7(6)9/h2-4H,1H3. The Labute approximate surface area is 87.9 Å². The van der Waals surface area contributed by atoms with Crippen molar-refractivity contribution < 1.29 is 9.53 Å².